The number of esters is 4. The Labute approximate surface area is 562 Å². The van der Waals surface area contributed by atoms with Gasteiger partial charge in [0, 0.05) is 25.7 Å². The van der Waals surface area contributed by atoms with E-state index in [9.17, 15) is 43.2 Å². The van der Waals surface area contributed by atoms with Gasteiger partial charge in [-0.3, -0.25) is 37.3 Å². The molecule has 0 rings (SSSR count). The van der Waals surface area contributed by atoms with Crippen LogP contribution in [0.15, 0.2) is 0 Å². The molecule has 0 radical (unpaired) electrons. The maximum absolute atomic E-state index is 13.1. The van der Waals surface area contributed by atoms with Gasteiger partial charge in [-0.1, -0.05) is 330 Å². The summed E-state index contributed by atoms with van der Waals surface area (Å²) in [4.78, 5) is 72.6. The van der Waals surface area contributed by atoms with Crippen molar-refractivity contribution in [2.24, 2.45) is 5.92 Å². The number of aliphatic hydroxyl groups excluding tert-OH is 1. The fourth-order valence-electron chi connectivity index (χ4n) is 11.1. The third kappa shape index (κ3) is 65.4. The van der Waals surface area contributed by atoms with Gasteiger partial charge in [0.25, 0.3) is 0 Å². The zero-order chi connectivity index (χ0) is 67.7. The lowest BCUT2D eigenvalue weighted by Gasteiger charge is -2.21. The fourth-order valence-corrected chi connectivity index (χ4v) is 12.7. The van der Waals surface area contributed by atoms with Crippen molar-refractivity contribution in [1.29, 1.82) is 0 Å². The van der Waals surface area contributed by atoms with Crippen molar-refractivity contribution in [2.45, 2.75) is 400 Å². The van der Waals surface area contributed by atoms with Crippen molar-refractivity contribution in [3.63, 3.8) is 0 Å². The van der Waals surface area contributed by atoms with Crippen molar-refractivity contribution in [3.8, 4) is 0 Å². The average Bonchev–Trinajstić information content (AvgIpc) is 3.08. The number of phosphoric ester groups is 2. The fraction of sp³-hybridized carbons (Fsp3) is 0.945. The van der Waals surface area contributed by atoms with Crippen LogP contribution in [0.25, 0.3) is 0 Å². The van der Waals surface area contributed by atoms with Crippen LogP contribution >= 0.6 is 15.6 Å². The minimum atomic E-state index is -4.95. The van der Waals surface area contributed by atoms with Gasteiger partial charge in [-0.25, -0.2) is 9.13 Å². The molecule has 92 heavy (non-hydrogen) atoms. The van der Waals surface area contributed by atoms with Crippen LogP contribution in [0.2, 0.25) is 0 Å². The van der Waals surface area contributed by atoms with Crippen LogP contribution in [0, 0.1) is 5.92 Å². The van der Waals surface area contributed by atoms with Gasteiger partial charge in [0.05, 0.1) is 26.4 Å². The molecule has 546 valence electrons. The summed E-state index contributed by atoms with van der Waals surface area (Å²) in [6.07, 6.45) is 54.1. The molecule has 3 unspecified atom stereocenters. The number of phosphoric acid groups is 2. The highest BCUT2D eigenvalue weighted by Crippen LogP contribution is 2.45. The maximum Gasteiger partial charge on any atom is 0.472 e. The van der Waals surface area contributed by atoms with Crippen LogP contribution < -0.4 is 0 Å². The molecule has 0 aromatic rings. The summed E-state index contributed by atoms with van der Waals surface area (Å²) >= 11 is 0. The Balaban J connectivity index is 5.21. The van der Waals surface area contributed by atoms with E-state index < -0.39 is 97.5 Å². The number of hydrogen-bond acceptors (Lipinski definition) is 15. The Morgan fingerprint density at radius 1 is 0.304 bits per heavy atom. The Morgan fingerprint density at radius 2 is 0.522 bits per heavy atom. The number of unbranched alkanes of at least 4 members (excludes halogenated alkanes) is 44. The van der Waals surface area contributed by atoms with Gasteiger partial charge in [-0.05, 0) is 31.6 Å². The number of rotatable bonds is 73. The van der Waals surface area contributed by atoms with E-state index in [0.29, 0.717) is 25.7 Å². The molecule has 0 aromatic carbocycles. The zero-order valence-corrected chi connectivity index (χ0v) is 61.5. The monoisotopic (exact) mass is 1350 g/mol. The topological polar surface area (TPSA) is 237 Å². The van der Waals surface area contributed by atoms with Gasteiger partial charge in [-0.2, -0.15) is 0 Å². The number of aliphatic hydroxyl groups is 1. The summed E-state index contributed by atoms with van der Waals surface area (Å²) in [6.45, 7) is 7.26. The van der Waals surface area contributed by atoms with Crippen LogP contribution in [0.4, 0.5) is 0 Å². The molecule has 0 aliphatic carbocycles. The molecule has 0 saturated heterocycles. The van der Waals surface area contributed by atoms with E-state index in [-0.39, 0.29) is 25.7 Å². The molecular weight excluding hydrogens is 1210 g/mol. The molecule has 0 bridgehead atoms. The summed E-state index contributed by atoms with van der Waals surface area (Å²) in [5.74, 6) is -1.32. The van der Waals surface area contributed by atoms with Crippen LogP contribution in [-0.2, 0) is 65.4 Å². The largest absolute Gasteiger partial charge is 0.472 e. The van der Waals surface area contributed by atoms with Crippen molar-refractivity contribution in [3.05, 3.63) is 0 Å². The predicted octanol–water partition coefficient (Wildman–Crippen LogP) is 21.3. The second-order valence-corrected chi connectivity index (χ2v) is 29.5. The number of hydrogen-bond donors (Lipinski definition) is 3. The molecular formula is C73H142O17P2. The molecule has 0 aromatic heterocycles. The second kappa shape index (κ2) is 66.3. The first kappa shape index (κ1) is 90.1. The maximum atomic E-state index is 13.1. The first-order valence-corrected chi connectivity index (χ1v) is 41.2. The van der Waals surface area contributed by atoms with Gasteiger partial charge in [0.15, 0.2) is 12.2 Å². The number of ether oxygens (including phenoxy) is 4. The van der Waals surface area contributed by atoms with Crippen molar-refractivity contribution in [1.82, 2.24) is 0 Å². The summed E-state index contributed by atoms with van der Waals surface area (Å²) in [5.41, 5.74) is 0. The van der Waals surface area contributed by atoms with Gasteiger partial charge in [0.2, 0.25) is 0 Å². The van der Waals surface area contributed by atoms with Crippen molar-refractivity contribution < 1.29 is 80.2 Å². The standard InChI is InChI=1S/C73H142O17P2/c1-6-10-13-16-19-21-23-25-27-29-31-33-38-43-48-53-58-72(77)90-69(63-84-71(76)57-52-47-42-37-32-30-28-26-24-22-20-17-14-11-7-2)65-88-92(81,82)86-61-67(74)60-85-91(79,80)87-64-68(62-83-70(75)56-51-46-40-18-15-12-8-3)89-73(78)59-54-49-44-39-35-34-36-41-45-50-55-66(5)9-4/h66-69,74H,6-65H2,1-5H3,(H,79,80)(H,81,82)/t66?,67-,68+,69+/m0/s1. The molecule has 6 atom stereocenters. The molecule has 17 nitrogen and oxygen atoms in total. The van der Waals surface area contributed by atoms with Crippen molar-refractivity contribution in [2.75, 3.05) is 39.6 Å². The third-order valence-corrected chi connectivity index (χ3v) is 19.3. The molecule has 0 amide bonds. The van der Waals surface area contributed by atoms with Gasteiger partial charge in [-0.15, -0.1) is 0 Å². The van der Waals surface area contributed by atoms with E-state index >= 15 is 0 Å². The summed E-state index contributed by atoms with van der Waals surface area (Å²) in [6, 6.07) is 0. The second-order valence-electron chi connectivity index (χ2n) is 26.6. The van der Waals surface area contributed by atoms with E-state index in [1.165, 1.54) is 193 Å². The first-order chi connectivity index (χ1) is 44.6. The Bertz CT molecular complexity index is 1770. The zero-order valence-electron chi connectivity index (χ0n) is 59.7. The quantitative estimate of drug-likeness (QED) is 0.0222. The van der Waals surface area contributed by atoms with Crippen LogP contribution in [0.5, 0.6) is 0 Å². The molecule has 0 spiro atoms. The summed E-state index contributed by atoms with van der Waals surface area (Å²) in [7, 11) is -9.90. The molecule has 0 saturated carbocycles. The molecule has 3 N–H and O–H groups in total. The highest BCUT2D eigenvalue weighted by Gasteiger charge is 2.30. The highest BCUT2D eigenvalue weighted by molar-refractivity contribution is 7.47. The van der Waals surface area contributed by atoms with Gasteiger partial charge < -0.3 is 33.8 Å². The molecule has 0 aliphatic rings. The van der Waals surface area contributed by atoms with E-state index in [4.69, 9.17) is 37.0 Å². The van der Waals surface area contributed by atoms with Crippen LogP contribution in [-0.4, -0.2) is 96.7 Å². The van der Waals surface area contributed by atoms with E-state index in [1.807, 2.05) is 0 Å². The average molecular weight is 1350 g/mol. The van der Waals surface area contributed by atoms with E-state index in [1.54, 1.807) is 0 Å². The third-order valence-electron chi connectivity index (χ3n) is 17.4. The molecule has 0 heterocycles. The van der Waals surface area contributed by atoms with E-state index in [2.05, 4.69) is 34.6 Å². The summed E-state index contributed by atoms with van der Waals surface area (Å²) < 4.78 is 68.3. The highest BCUT2D eigenvalue weighted by atomic mass is 31.2. The predicted molar refractivity (Wildman–Crippen MR) is 372 cm³/mol. The van der Waals surface area contributed by atoms with Crippen LogP contribution in [0.1, 0.15) is 381 Å². The Hall–Kier alpha value is -1.94. The molecule has 19 heteroatoms. The Morgan fingerprint density at radius 3 is 0.772 bits per heavy atom. The lowest BCUT2D eigenvalue weighted by atomic mass is 9.99. The number of carbonyl (C=O) groups excluding carboxylic acids is 4. The smallest absolute Gasteiger partial charge is 0.462 e. The minimum Gasteiger partial charge on any atom is -0.462 e. The normalized spacial score (nSPS) is 14.3. The summed E-state index contributed by atoms with van der Waals surface area (Å²) in [5, 5.41) is 10.6. The lowest BCUT2D eigenvalue weighted by molar-refractivity contribution is -0.161. The lowest BCUT2D eigenvalue weighted by Crippen LogP contribution is -2.30. The number of carbonyl (C=O) groups is 4. The Kier molecular flexibility index (Phi) is 64.9. The van der Waals surface area contributed by atoms with Crippen LogP contribution in [0.3, 0.4) is 0 Å². The minimum absolute atomic E-state index is 0.106. The van der Waals surface area contributed by atoms with Gasteiger partial charge >= 0.3 is 39.5 Å². The van der Waals surface area contributed by atoms with Crippen molar-refractivity contribution >= 4 is 39.5 Å². The first-order valence-electron chi connectivity index (χ1n) is 38.2. The molecule has 0 fully saturated rings. The van der Waals surface area contributed by atoms with E-state index in [0.717, 1.165) is 109 Å². The van der Waals surface area contributed by atoms with Gasteiger partial charge in [0.1, 0.15) is 19.3 Å². The SMILES string of the molecule is CCCCCCCCCCCCCCCCCCC(=O)O[C@H](COC(=O)CCCCCCCCCCCCCCCCC)COP(=O)(O)OC[C@@H](O)COP(=O)(O)OC[C@@H](COC(=O)CCCCCCCCC)OC(=O)CCCCCCCCCCCCC(C)CC. The molecule has 0 aliphatic heterocycles.